The Morgan fingerprint density at radius 2 is 1.76 bits per heavy atom. The molecular weight excluding hydrogens is 400 g/mol. The number of halogens is 2. The van der Waals surface area contributed by atoms with E-state index in [4.69, 9.17) is 10.5 Å². The third-order valence-electron chi connectivity index (χ3n) is 3.05. The third kappa shape index (κ3) is 3.39. The number of amides is 1. The summed E-state index contributed by atoms with van der Waals surface area (Å²) in [6, 6.07) is 10.7. The molecule has 0 spiro atoms. The lowest BCUT2D eigenvalue weighted by Gasteiger charge is -2.20. The molecule has 21 heavy (non-hydrogen) atoms. The Kier molecular flexibility index (Phi) is 4.90. The van der Waals surface area contributed by atoms with E-state index < -0.39 is 0 Å². The number of carbonyl (C=O) groups is 1. The quantitative estimate of drug-likeness (QED) is 0.771. The van der Waals surface area contributed by atoms with Gasteiger partial charge in [0, 0.05) is 16.0 Å². The molecule has 2 N–H and O–H groups in total. The molecule has 0 unspecified atom stereocenters. The second-order valence-electron chi connectivity index (χ2n) is 4.41. The zero-order chi connectivity index (χ0) is 15.6. The van der Waals surface area contributed by atoms with Gasteiger partial charge in [-0.2, -0.15) is 0 Å². The average molecular weight is 414 g/mol. The summed E-state index contributed by atoms with van der Waals surface area (Å²) < 4.78 is 6.98. The standard InChI is InChI=1S/C15H14Br2N2O2/c1-19(13-6-4-9(16)7-12(13)18)15(20)11-5-3-10(17)8-14(11)21-2/h3-8H,18H2,1-2H3. The van der Waals surface area contributed by atoms with Gasteiger partial charge in [-0.25, -0.2) is 0 Å². The van der Waals surface area contributed by atoms with E-state index in [0.29, 0.717) is 22.7 Å². The predicted molar refractivity (Wildman–Crippen MR) is 92.0 cm³/mol. The highest BCUT2D eigenvalue weighted by molar-refractivity contribution is 9.10. The Morgan fingerprint density at radius 1 is 1.14 bits per heavy atom. The van der Waals surface area contributed by atoms with Crippen LogP contribution in [0.5, 0.6) is 5.75 Å². The van der Waals surface area contributed by atoms with E-state index >= 15 is 0 Å². The van der Waals surface area contributed by atoms with E-state index in [-0.39, 0.29) is 5.91 Å². The predicted octanol–water partition coefficient (Wildman–Crippen LogP) is 4.08. The fourth-order valence-corrected chi connectivity index (χ4v) is 2.68. The van der Waals surface area contributed by atoms with Crippen LogP contribution in [-0.4, -0.2) is 20.1 Å². The summed E-state index contributed by atoms with van der Waals surface area (Å²) in [7, 11) is 3.22. The van der Waals surface area contributed by atoms with Crippen molar-refractivity contribution in [3.63, 3.8) is 0 Å². The van der Waals surface area contributed by atoms with E-state index in [1.54, 1.807) is 37.4 Å². The number of nitrogens with zero attached hydrogens (tertiary/aromatic N) is 1. The van der Waals surface area contributed by atoms with E-state index in [1.807, 2.05) is 6.07 Å². The van der Waals surface area contributed by atoms with Crippen molar-refractivity contribution >= 4 is 49.1 Å². The lowest BCUT2D eigenvalue weighted by Crippen LogP contribution is -2.27. The fraction of sp³-hybridized carbons (Fsp3) is 0.133. The average Bonchev–Trinajstić information content (AvgIpc) is 2.45. The van der Waals surface area contributed by atoms with Crippen LogP contribution >= 0.6 is 31.9 Å². The Bertz CT molecular complexity index is 689. The zero-order valence-electron chi connectivity index (χ0n) is 11.6. The molecule has 0 atom stereocenters. The molecule has 0 saturated heterocycles. The summed E-state index contributed by atoms with van der Waals surface area (Å²) in [4.78, 5) is 14.1. The first-order chi connectivity index (χ1) is 9.93. The van der Waals surface area contributed by atoms with Crippen molar-refractivity contribution in [1.29, 1.82) is 0 Å². The van der Waals surface area contributed by atoms with Gasteiger partial charge in [0.25, 0.3) is 5.91 Å². The largest absolute Gasteiger partial charge is 0.496 e. The molecule has 6 heteroatoms. The van der Waals surface area contributed by atoms with Gasteiger partial charge >= 0.3 is 0 Å². The number of methoxy groups -OCH3 is 1. The molecule has 0 radical (unpaired) electrons. The van der Waals surface area contributed by atoms with Crippen LogP contribution in [0.2, 0.25) is 0 Å². The summed E-state index contributed by atoms with van der Waals surface area (Å²) in [5, 5.41) is 0. The van der Waals surface area contributed by atoms with Gasteiger partial charge < -0.3 is 15.4 Å². The van der Waals surface area contributed by atoms with Gasteiger partial charge in [-0.1, -0.05) is 31.9 Å². The number of hydrogen-bond acceptors (Lipinski definition) is 3. The number of anilines is 2. The van der Waals surface area contributed by atoms with Crippen molar-refractivity contribution < 1.29 is 9.53 Å². The minimum atomic E-state index is -0.187. The fourth-order valence-electron chi connectivity index (χ4n) is 1.96. The summed E-state index contributed by atoms with van der Waals surface area (Å²) in [6.07, 6.45) is 0. The molecule has 0 aliphatic carbocycles. The van der Waals surface area contributed by atoms with Gasteiger partial charge in [-0.15, -0.1) is 0 Å². The molecule has 0 saturated carbocycles. The maximum atomic E-state index is 12.6. The number of ether oxygens (including phenoxy) is 1. The van der Waals surface area contributed by atoms with Crippen molar-refractivity contribution in [1.82, 2.24) is 0 Å². The van der Waals surface area contributed by atoms with Gasteiger partial charge in [-0.3, -0.25) is 4.79 Å². The van der Waals surface area contributed by atoms with Crippen LogP contribution in [0, 0.1) is 0 Å². The molecular formula is C15H14Br2N2O2. The Hall–Kier alpha value is -1.53. The van der Waals surface area contributed by atoms with Gasteiger partial charge in [-0.05, 0) is 36.4 Å². The second kappa shape index (κ2) is 6.49. The molecule has 0 heterocycles. The van der Waals surface area contributed by atoms with E-state index in [9.17, 15) is 4.79 Å². The van der Waals surface area contributed by atoms with E-state index in [0.717, 1.165) is 8.95 Å². The van der Waals surface area contributed by atoms with Crippen LogP contribution in [0.3, 0.4) is 0 Å². The minimum absolute atomic E-state index is 0.187. The van der Waals surface area contributed by atoms with Crippen molar-refractivity contribution in [2.24, 2.45) is 0 Å². The van der Waals surface area contributed by atoms with Crippen LogP contribution in [0.4, 0.5) is 11.4 Å². The number of hydrogen-bond donors (Lipinski definition) is 1. The summed E-state index contributed by atoms with van der Waals surface area (Å²) >= 11 is 6.71. The van der Waals surface area contributed by atoms with Crippen LogP contribution in [0.15, 0.2) is 45.3 Å². The number of carbonyl (C=O) groups excluding carboxylic acids is 1. The molecule has 0 fully saturated rings. The third-order valence-corrected chi connectivity index (χ3v) is 4.04. The van der Waals surface area contributed by atoms with Crippen molar-refractivity contribution in [3.05, 3.63) is 50.9 Å². The Labute approximate surface area is 140 Å². The number of benzene rings is 2. The summed E-state index contributed by atoms with van der Waals surface area (Å²) in [5.41, 5.74) is 7.62. The topological polar surface area (TPSA) is 55.6 Å². The summed E-state index contributed by atoms with van der Waals surface area (Å²) in [6.45, 7) is 0. The lowest BCUT2D eigenvalue weighted by atomic mass is 10.1. The molecule has 2 rings (SSSR count). The molecule has 4 nitrogen and oxygen atoms in total. The highest BCUT2D eigenvalue weighted by atomic mass is 79.9. The van der Waals surface area contributed by atoms with Crippen LogP contribution in [-0.2, 0) is 0 Å². The second-order valence-corrected chi connectivity index (χ2v) is 6.24. The number of nitrogens with two attached hydrogens (primary N) is 1. The monoisotopic (exact) mass is 412 g/mol. The summed E-state index contributed by atoms with van der Waals surface area (Å²) in [5.74, 6) is 0.324. The molecule has 2 aromatic carbocycles. The smallest absolute Gasteiger partial charge is 0.261 e. The maximum Gasteiger partial charge on any atom is 0.261 e. The zero-order valence-corrected chi connectivity index (χ0v) is 14.7. The van der Waals surface area contributed by atoms with Crippen molar-refractivity contribution in [2.45, 2.75) is 0 Å². The van der Waals surface area contributed by atoms with Crippen molar-refractivity contribution in [3.8, 4) is 5.75 Å². The van der Waals surface area contributed by atoms with Crippen LogP contribution in [0.25, 0.3) is 0 Å². The lowest BCUT2D eigenvalue weighted by molar-refractivity contribution is 0.0990. The normalized spacial score (nSPS) is 10.3. The van der Waals surface area contributed by atoms with Crippen LogP contribution in [0.1, 0.15) is 10.4 Å². The Balaban J connectivity index is 2.39. The SMILES string of the molecule is COc1cc(Br)ccc1C(=O)N(C)c1ccc(Br)cc1N. The van der Waals surface area contributed by atoms with Crippen LogP contribution < -0.4 is 15.4 Å². The molecule has 0 aliphatic heterocycles. The maximum absolute atomic E-state index is 12.6. The highest BCUT2D eigenvalue weighted by Gasteiger charge is 2.19. The van der Waals surface area contributed by atoms with E-state index in [2.05, 4.69) is 31.9 Å². The highest BCUT2D eigenvalue weighted by Crippen LogP contribution is 2.30. The molecule has 0 aromatic heterocycles. The molecule has 2 aromatic rings. The Morgan fingerprint density at radius 3 is 2.38 bits per heavy atom. The number of rotatable bonds is 3. The number of nitrogen functional groups attached to an aromatic ring is 1. The van der Waals surface area contributed by atoms with Crippen molar-refractivity contribution in [2.75, 3.05) is 24.8 Å². The first-order valence-electron chi connectivity index (χ1n) is 6.10. The van der Waals surface area contributed by atoms with Gasteiger partial charge in [0.15, 0.2) is 0 Å². The molecule has 0 bridgehead atoms. The van der Waals surface area contributed by atoms with Gasteiger partial charge in [0.2, 0.25) is 0 Å². The van der Waals surface area contributed by atoms with Gasteiger partial charge in [0.1, 0.15) is 5.75 Å². The van der Waals surface area contributed by atoms with Gasteiger partial charge in [0.05, 0.1) is 24.0 Å². The molecule has 0 aliphatic rings. The molecule has 1 amide bonds. The van der Waals surface area contributed by atoms with E-state index in [1.165, 1.54) is 12.0 Å². The first kappa shape index (κ1) is 15.9. The molecule has 110 valence electrons. The first-order valence-corrected chi connectivity index (χ1v) is 7.69. The minimum Gasteiger partial charge on any atom is -0.496 e.